The first kappa shape index (κ1) is 15.5. The summed E-state index contributed by atoms with van der Waals surface area (Å²) in [5, 5.41) is 0. The molecule has 0 aliphatic rings. The van der Waals surface area contributed by atoms with Gasteiger partial charge in [0, 0.05) is 19.5 Å². The van der Waals surface area contributed by atoms with Gasteiger partial charge in [-0.2, -0.15) is 0 Å². The van der Waals surface area contributed by atoms with Crippen LogP contribution in [0.4, 0.5) is 0 Å². The van der Waals surface area contributed by atoms with Crippen LogP contribution >= 0.6 is 11.6 Å². The summed E-state index contributed by atoms with van der Waals surface area (Å²) in [6, 6.07) is 7.89. The van der Waals surface area contributed by atoms with Crippen LogP contribution in [0.25, 0.3) is 0 Å². The predicted octanol–water partition coefficient (Wildman–Crippen LogP) is 2.78. The van der Waals surface area contributed by atoms with Gasteiger partial charge in [0.1, 0.15) is 0 Å². The minimum Gasteiger partial charge on any atom is -0.212 e. The lowest BCUT2D eigenvalue weighted by Gasteiger charge is -2.17. The zero-order valence-electron chi connectivity index (χ0n) is 10.9. The van der Waals surface area contributed by atoms with Crippen molar-refractivity contribution >= 4 is 21.6 Å². The average Bonchev–Trinajstić information content (AvgIpc) is 2.29. The minimum absolute atomic E-state index is 0.169. The third kappa shape index (κ3) is 4.96. The predicted molar refractivity (Wildman–Crippen MR) is 76.4 cm³/mol. The fraction of sp³-hybridized carbons (Fsp3) is 0.538. The SMILES string of the molecule is Cc1cccc(CN(C)S(=O)(=O)CCCCCl)c1. The molecule has 3 nitrogen and oxygen atoms in total. The molecule has 0 spiro atoms. The summed E-state index contributed by atoms with van der Waals surface area (Å²) in [7, 11) is -1.55. The van der Waals surface area contributed by atoms with Gasteiger partial charge < -0.3 is 0 Å². The second kappa shape index (κ2) is 7.12. The monoisotopic (exact) mass is 289 g/mol. The molecule has 0 N–H and O–H groups in total. The first-order chi connectivity index (χ1) is 8.45. The van der Waals surface area contributed by atoms with Gasteiger partial charge in [-0.25, -0.2) is 12.7 Å². The second-order valence-corrected chi connectivity index (χ2v) is 7.03. The largest absolute Gasteiger partial charge is 0.214 e. The number of benzene rings is 1. The first-order valence-corrected chi connectivity index (χ1v) is 8.15. The molecule has 0 radical (unpaired) electrons. The number of rotatable bonds is 7. The van der Waals surface area contributed by atoms with Crippen LogP contribution in [0.15, 0.2) is 24.3 Å². The van der Waals surface area contributed by atoms with E-state index in [4.69, 9.17) is 11.6 Å². The highest BCUT2D eigenvalue weighted by Crippen LogP contribution is 2.11. The van der Waals surface area contributed by atoms with Crippen molar-refractivity contribution in [3.8, 4) is 0 Å². The van der Waals surface area contributed by atoms with Gasteiger partial charge in [0.2, 0.25) is 10.0 Å². The number of alkyl halides is 1. The maximum absolute atomic E-state index is 12.0. The number of unbranched alkanes of at least 4 members (excludes halogenated alkanes) is 1. The highest BCUT2D eigenvalue weighted by Gasteiger charge is 2.17. The molecule has 0 aromatic heterocycles. The molecule has 0 heterocycles. The third-order valence-corrected chi connectivity index (χ3v) is 4.90. The number of sulfonamides is 1. The van der Waals surface area contributed by atoms with Crippen LogP contribution in [0.2, 0.25) is 0 Å². The van der Waals surface area contributed by atoms with Crippen molar-refractivity contribution < 1.29 is 8.42 Å². The second-order valence-electron chi connectivity index (χ2n) is 4.46. The van der Waals surface area contributed by atoms with E-state index in [1.165, 1.54) is 4.31 Å². The van der Waals surface area contributed by atoms with Gasteiger partial charge in [-0.05, 0) is 25.3 Å². The molecular formula is C13H20ClNO2S. The van der Waals surface area contributed by atoms with E-state index in [9.17, 15) is 8.42 Å². The Hall–Kier alpha value is -0.580. The molecule has 1 aromatic rings. The van der Waals surface area contributed by atoms with E-state index in [2.05, 4.69) is 0 Å². The molecule has 0 aliphatic carbocycles. The van der Waals surface area contributed by atoms with E-state index in [0.717, 1.165) is 17.5 Å². The summed E-state index contributed by atoms with van der Waals surface area (Å²) >= 11 is 5.55. The summed E-state index contributed by atoms with van der Waals surface area (Å²) in [6.45, 7) is 2.42. The molecule has 0 fully saturated rings. The summed E-state index contributed by atoms with van der Waals surface area (Å²) in [5.74, 6) is 0.680. The normalized spacial score (nSPS) is 12.0. The number of nitrogens with zero attached hydrogens (tertiary/aromatic N) is 1. The molecule has 1 rings (SSSR count). The van der Waals surface area contributed by atoms with E-state index in [-0.39, 0.29) is 5.75 Å². The Morgan fingerprint density at radius 3 is 2.61 bits per heavy atom. The van der Waals surface area contributed by atoms with E-state index in [1.54, 1.807) is 7.05 Å². The standard InChI is InChI=1S/C13H20ClNO2S/c1-12-6-5-7-13(10-12)11-15(2)18(16,17)9-4-3-8-14/h5-7,10H,3-4,8-9,11H2,1-2H3. The number of aryl methyl sites for hydroxylation is 1. The first-order valence-electron chi connectivity index (χ1n) is 6.01. The van der Waals surface area contributed by atoms with Gasteiger partial charge in [-0.3, -0.25) is 0 Å². The summed E-state index contributed by atoms with van der Waals surface area (Å²) in [6.07, 6.45) is 1.35. The molecule has 0 aliphatic heterocycles. The Balaban J connectivity index is 2.61. The molecular weight excluding hydrogens is 270 g/mol. The van der Waals surface area contributed by atoms with Gasteiger partial charge in [0.05, 0.1) is 5.75 Å². The maximum atomic E-state index is 12.0. The molecule has 0 atom stereocenters. The van der Waals surface area contributed by atoms with Crippen LogP contribution in [0, 0.1) is 6.92 Å². The Morgan fingerprint density at radius 1 is 1.28 bits per heavy atom. The number of halogens is 1. The van der Waals surface area contributed by atoms with Gasteiger partial charge >= 0.3 is 0 Å². The van der Waals surface area contributed by atoms with E-state index in [0.29, 0.717) is 18.8 Å². The van der Waals surface area contributed by atoms with Gasteiger partial charge in [-0.15, -0.1) is 11.6 Å². The molecule has 102 valence electrons. The smallest absolute Gasteiger partial charge is 0.212 e. The molecule has 18 heavy (non-hydrogen) atoms. The van der Waals surface area contributed by atoms with Gasteiger partial charge in [0.15, 0.2) is 0 Å². The summed E-state index contributed by atoms with van der Waals surface area (Å²) < 4.78 is 25.4. The number of hydrogen-bond acceptors (Lipinski definition) is 2. The van der Waals surface area contributed by atoms with Crippen LogP contribution in [-0.2, 0) is 16.6 Å². The van der Waals surface area contributed by atoms with Crippen molar-refractivity contribution in [3.05, 3.63) is 35.4 Å². The van der Waals surface area contributed by atoms with E-state index < -0.39 is 10.0 Å². The maximum Gasteiger partial charge on any atom is 0.214 e. The van der Waals surface area contributed by atoms with Crippen LogP contribution in [-0.4, -0.2) is 31.4 Å². The quantitative estimate of drug-likeness (QED) is 0.572. The molecule has 0 bridgehead atoms. The molecule has 0 amide bonds. The Labute approximate surface area is 115 Å². The lowest BCUT2D eigenvalue weighted by molar-refractivity contribution is 0.465. The topological polar surface area (TPSA) is 37.4 Å². The van der Waals surface area contributed by atoms with Crippen LogP contribution in [0.5, 0.6) is 0 Å². The zero-order valence-corrected chi connectivity index (χ0v) is 12.5. The highest BCUT2D eigenvalue weighted by atomic mass is 35.5. The Morgan fingerprint density at radius 2 is 2.00 bits per heavy atom. The van der Waals surface area contributed by atoms with E-state index >= 15 is 0 Å². The van der Waals surface area contributed by atoms with E-state index in [1.807, 2.05) is 31.2 Å². The van der Waals surface area contributed by atoms with Crippen molar-refractivity contribution in [1.82, 2.24) is 4.31 Å². The van der Waals surface area contributed by atoms with Crippen molar-refractivity contribution in [1.29, 1.82) is 0 Å². The fourth-order valence-corrected chi connectivity index (χ4v) is 3.12. The fourth-order valence-electron chi connectivity index (χ4n) is 1.70. The Bertz CT molecular complexity index is 474. The van der Waals surface area contributed by atoms with Crippen LogP contribution in [0.1, 0.15) is 24.0 Å². The van der Waals surface area contributed by atoms with Crippen LogP contribution in [0.3, 0.4) is 0 Å². The zero-order chi connectivity index (χ0) is 13.6. The minimum atomic E-state index is -3.17. The molecule has 5 heteroatoms. The lowest BCUT2D eigenvalue weighted by atomic mass is 10.1. The van der Waals surface area contributed by atoms with Crippen molar-refractivity contribution in [2.24, 2.45) is 0 Å². The molecule has 0 saturated heterocycles. The van der Waals surface area contributed by atoms with Crippen LogP contribution < -0.4 is 0 Å². The van der Waals surface area contributed by atoms with Gasteiger partial charge in [-0.1, -0.05) is 29.8 Å². The molecule has 0 unspecified atom stereocenters. The van der Waals surface area contributed by atoms with Crippen molar-refractivity contribution in [2.45, 2.75) is 26.3 Å². The average molecular weight is 290 g/mol. The summed E-state index contributed by atoms with van der Waals surface area (Å²) in [4.78, 5) is 0. The molecule has 0 saturated carbocycles. The highest BCUT2D eigenvalue weighted by molar-refractivity contribution is 7.89. The molecule has 1 aromatic carbocycles. The van der Waals surface area contributed by atoms with Gasteiger partial charge in [0.25, 0.3) is 0 Å². The van der Waals surface area contributed by atoms with Crippen molar-refractivity contribution in [3.63, 3.8) is 0 Å². The number of hydrogen-bond donors (Lipinski definition) is 0. The third-order valence-electron chi connectivity index (χ3n) is 2.75. The van der Waals surface area contributed by atoms with Crippen molar-refractivity contribution in [2.75, 3.05) is 18.7 Å². The summed E-state index contributed by atoms with van der Waals surface area (Å²) in [5.41, 5.74) is 2.15. The Kier molecular flexibility index (Phi) is 6.12. The lowest BCUT2D eigenvalue weighted by Crippen LogP contribution is -2.28.